The number of ether oxygens (including phenoxy) is 1. The SMILES string of the molecule is C=C(C)C(=O)OCCCCCCCCCCCC.CCOP(=O)(O)O. The van der Waals surface area contributed by atoms with Gasteiger partial charge in [0.25, 0.3) is 0 Å². The zero-order chi connectivity index (χ0) is 19.6. The van der Waals surface area contributed by atoms with Crippen molar-refractivity contribution in [2.24, 2.45) is 0 Å². The van der Waals surface area contributed by atoms with Gasteiger partial charge in [-0.05, 0) is 20.3 Å². The number of rotatable bonds is 14. The summed E-state index contributed by atoms with van der Waals surface area (Å²) >= 11 is 0. The van der Waals surface area contributed by atoms with Crippen molar-refractivity contribution in [3.63, 3.8) is 0 Å². The minimum absolute atomic E-state index is 0.0459. The maximum Gasteiger partial charge on any atom is 0.469 e. The predicted octanol–water partition coefficient (Wildman–Crippen LogP) is 5.14. The van der Waals surface area contributed by atoms with Crippen molar-refractivity contribution in [1.82, 2.24) is 0 Å². The first kappa shape index (κ1) is 26.5. The van der Waals surface area contributed by atoms with Gasteiger partial charge in [0.05, 0.1) is 13.2 Å². The van der Waals surface area contributed by atoms with Crippen LogP contribution in [0.1, 0.15) is 85.0 Å². The molecule has 0 fully saturated rings. The first-order chi connectivity index (χ1) is 11.7. The van der Waals surface area contributed by atoms with Crippen LogP contribution in [0.4, 0.5) is 0 Å². The first-order valence-electron chi connectivity index (χ1n) is 9.27. The zero-order valence-corrected chi connectivity index (χ0v) is 17.1. The summed E-state index contributed by atoms with van der Waals surface area (Å²) in [7, 11) is -4.17. The maximum absolute atomic E-state index is 11.1. The van der Waals surface area contributed by atoms with Crippen molar-refractivity contribution >= 4 is 13.8 Å². The van der Waals surface area contributed by atoms with E-state index in [1.54, 1.807) is 6.92 Å². The Balaban J connectivity index is 0. The van der Waals surface area contributed by atoms with Crippen molar-refractivity contribution < 1.29 is 28.4 Å². The van der Waals surface area contributed by atoms with Crippen LogP contribution in [0.3, 0.4) is 0 Å². The first-order valence-corrected chi connectivity index (χ1v) is 10.8. The average molecular weight is 380 g/mol. The summed E-state index contributed by atoms with van der Waals surface area (Å²) in [5, 5.41) is 0. The van der Waals surface area contributed by atoms with Crippen LogP contribution in [0.5, 0.6) is 0 Å². The molecule has 0 spiro atoms. The van der Waals surface area contributed by atoms with Crippen LogP contribution in [0.15, 0.2) is 12.2 Å². The molecular weight excluding hydrogens is 343 g/mol. The van der Waals surface area contributed by atoms with Gasteiger partial charge in [0.1, 0.15) is 0 Å². The minimum atomic E-state index is -4.17. The molecule has 0 radical (unpaired) electrons. The van der Waals surface area contributed by atoms with Crippen molar-refractivity contribution in [2.45, 2.75) is 85.0 Å². The van der Waals surface area contributed by atoms with Crippen molar-refractivity contribution in [3.8, 4) is 0 Å². The van der Waals surface area contributed by atoms with Gasteiger partial charge in [0, 0.05) is 5.57 Å². The number of phosphoric acid groups is 1. The molecular formula is C18H37O6P. The van der Waals surface area contributed by atoms with E-state index in [9.17, 15) is 9.36 Å². The van der Waals surface area contributed by atoms with Crippen LogP contribution in [-0.2, 0) is 18.6 Å². The monoisotopic (exact) mass is 380 g/mol. The number of carbonyl (C=O) groups is 1. The van der Waals surface area contributed by atoms with Gasteiger partial charge in [-0.2, -0.15) is 0 Å². The third kappa shape index (κ3) is 25.7. The molecule has 0 aliphatic carbocycles. The Morgan fingerprint density at radius 3 is 1.68 bits per heavy atom. The van der Waals surface area contributed by atoms with Gasteiger partial charge in [-0.1, -0.05) is 71.3 Å². The fourth-order valence-corrected chi connectivity index (χ4v) is 2.38. The summed E-state index contributed by atoms with van der Waals surface area (Å²) in [6.45, 7) is 9.59. The van der Waals surface area contributed by atoms with Gasteiger partial charge in [-0.3, -0.25) is 4.52 Å². The lowest BCUT2D eigenvalue weighted by atomic mass is 10.1. The fraction of sp³-hybridized carbons (Fsp3) is 0.833. The molecule has 0 atom stereocenters. The van der Waals surface area contributed by atoms with E-state index in [1.807, 2.05) is 0 Å². The van der Waals surface area contributed by atoms with E-state index in [-0.39, 0.29) is 12.6 Å². The second kappa shape index (κ2) is 18.1. The lowest BCUT2D eigenvalue weighted by Gasteiger charge is -2.04. The summed E-state index contributed by atoms with van der Waals surface area (Å²) < 4.78 is 18.6. The van der Waals surface area contributed by atoms with Crippen molar-refractivity contribution in [1.29, 1.82) is 0 Å². The Morgan fingerprint density at radius 2 is 1.36 bits per heavy atom. The lowest BCUT2D eigenvalue weighted by molar-refractivity contribution is -0.139. The number of phosphoric ester groups is 1. The second-order valence-electron chi connectivity index (χ2n) is 6.01. The van der Waals surface area contributed by atoms with Gasteiger partial charge in [0.15, 0.2) is 0 Å². The van der Waals surface area contributed by atoms with Gasteiger partial charge in [-0.25, -0.2) is 9.36 Å². The molecule has 0 heterocycles. The van der Waals surface area contributed by atoms with Crippen LogP contribution in [0, 0.1) is 0 Å². The number of carbonyl (C=O) groups excluding carboxylic acids is 1. The van der Waals surface area contributed by atoms with Crippen molar-refractivity contribution in [2.75, 3.05) is 13.2 Å². The smallest absolute Gasteiger partial charge is 0.462 e. The van der Waals surface area contributed by atoms with Crippen LogP contribution in [0.2, 0.25) is 0 Å². The van der Waals surface area contributed by atoms with E-state index < -0.39 is 7.82 Å². The summed E-state index contributed by atoms with van der Waals surface area (Å²) in [6.07, 6.45) is 13.0. The van der Waals surface area contributed by atoms with Crippen LogP contribution >= 0.6 is 7.82 Å². The van der Waals surface area contributed by atoms with Crippen LogP contribution < -0.4 is 0 Å². The van der Waals surface area contributed by atoms with E-state index in [0.29, 0.717) is 12.2 Å². The molecule has 0 aliphatic rings. The van der Waals surface area contributed by atoms with E-state index >= 15 is 0 Å². The topological polar surface area (TPSA) is 93.1 Å². The highest BCUT2D eigenvalue weighted by Crippen LogP contribution is 2.34. The van der Waals surface area contributed by atoms with E-state index in [4.69, 9.17) is 14.5 Å². The standard InChI is InChI=1S/C16H30O2.C2H7O4P/c1-4-5-6-7-8-9-10-11-12-13-14-18-16(17)15(2)3;1-2-6-7(3,4)5/h2,4-14H2,1,3H3;2H2,1H3,(H2,3,4,5). The largest absolute Gasteiger partial charge is 0.469 e. The summed E-state index contributed by atoms with van der Waals surface area (Å²) in [4.78, 5) is 26.9. The highest BCUT2D eigenvalue weighted by atomic mass is 31.2. The molecule has 0 aromatic heterocycles. The normalized spacial score (nSPS) is 10.8. The Kier molecular flexibility index (Phi) is 19.2. The Hall–Kier alpha value is -0.680. The highest BCUT2D eigenvalue weighted by Gasteiger charge is 2.10. The van der Waals surface area contributed by atoms with Gasteiger partial charge < -0.3 is 14.5 Å². The molecule has 0 bridgehead atoms. The lowest BCUT2D eigenvalue weighted by Crippen LogP contribution is -2.05. The molecule has 6 nitrogen and oxygen atoms in total. The Morgan fingerprint density at radius 1 is 0.920 bits per heavy atom. The summed E-state index contributed by atoms with van der Waals surface area (Å²) in [5.74, 6) is -0.258. The predicted molar refractivity (Wildman–Crippen MR) is 101 cm³/mol. The molecule has 2 N–H and O–H groups in total. The van der Waals surface area contributed by atoms with Crippen LogP contribution in [0.25, 0.3) is 0 Å². The zero-order valence-electron chi connectivity index (χ0n) is 16.2. The number of hydrogen-bond acceptors (Lipinski definition) is 4. The molecule has 0 rings (SSSR count). The highest BCUT2D eigenvalue weighted by molar-refractivity contribution is 7.46. The Labute approximate surface area is 153 Å². The number of esters is 1. The second-order valence-corrected chi connectivity index (χ2v) is 7.25. The fourth-order valence-electron chi connectivity index (χ4n) is 2.05. The van der Waals surface area contributed by atoms with E-state index in [2.05, 4.69) is 18.0 Å². The molecule has 0 saturated carbocycles. The summed E-state index contributed by atoms with van der Waals surface area (Å²) in [5.41, 5.74) is 0.488. The minimum Gasteiger partial charge on any atom is -0.462 e. The number of hydrogen-bond donors (Lipinski definition) is 2. The molecule has 25 heavy (non-hydrogen) atoms. The van der Waals surface area contributed by atoms with Crippen molar-refractivity contribution in [3.05, 3.63) is 12.2 Å². The third-order valence-corrected chi connectivity index (χ3v) is 3.97. The van der Waals surface area contributed by atoms with E-state index in [0.717, 1.165) is 6.42 Å². The molecule has 7 heteroatoms. The van der Waals surface area contributed by atoms with Gasteiger partial charge in [-0.15, -0.1) is 0 Å². The van der Waals surface area contributed by atoms with Gasteiger partial charge >= 0.3 is 13.8 Å². The Bertz CT molecular complexity index is 378. The molecule has 0 aromatic rings. The quantitative estimate of drug-likeness (QED) is 0.187. The van der Waals surface area contributed by atoms with Gasteiger partial charge in [0.2, 0.25) is 0 Å². The van der Waals surface area contributed by atoms with Crippen LogP contribution in [-0.4, -0.2) is 29.0 Å². The molecule has 0 saturated heterocycles. The maximum atomic E-state index is 11.1. The summed E-state index contributed by atoms with van der Waals surface area (Å²) in [6, 6.07) is 0. The molecule has 0 aromatic carbocycles. The molecule has 150 valence electrons. The van der Waals surface area contributed by atoms with E-state index in [1.165, 1.54) is 64.7 Å². The third-order valence-electron chi connectivity index (χ3n) is 3.38. The molecule has 0 aliphatic heterocycles. The number of unbranched alkanes of at least 4 members (excludes halogenated alkanes) is 9. The molecule has 0 amide bonds. The average Bonchev–Trinajstić information content (AvgIpc) is 2.51. The molecule has 0 unspecified atom stereocenters.